The Labute approximate surface area is 345 Å². The van der Waals surface area contributed by atoms with E-state index in [-0.39, 0.29) is 0 Å². The highest BCUT2D eigenvalue weighted by Gasteiger charge is 2.22. The fourth-order valence-electron chi connectivity index (χ4n) is 9.08. The highest BCUT2D eigenvalue weighted by atomic mass is 32.1. The number of para-hydroxylation sites is 2. The molecule has 0 fully saturated rings. The molecule has 2 nitrogen and oxygen atoms in total. The van der Waals surface area contributed by atoms with E-state index in [0.717, 1.165) is 50.1 Å². The van der Waals surface area contributed by atoms with Gasteiger partial charge in [0.1, 0.15) is 5.58 Å². The molecule has 2 aromatic heterocycles. The zero-order valence-electron chi connectivity index (χ0n) is 32.0. The van der Waals surface area contributed by atoms with Crippen molar-refractivity contribution in [1.82, 2.24) is 0 Å². The van der Waals surface area contributed by atoms with Crippen LogP contribution in [0.3, 0.4) is 0 Å². The van der Waals surface area contributed by atoms with Crippen molar-refractivity contribution in [2.24, 2.45) is 0 Å². The van der Waals surface area contributed by atoms with Gasteiger partial charge in [-0.3, -0.25) is 0 Å². The van der Waals surface area contributed by atoms with Gasteiger partial charge in [-0.15, -0.1) is 11.3 Å². The van der Waals surface area contributed by atoms with Crippen LogP contribution in [0.15, 0.2) is 217 Å². The molecule has 10 aromatic carbocycles. The van der Waals surface area contributed by atoms with E-state index in [9.17, 15) is 0 Å². The molecule has 0 N–H and O–H groups in total. The third-order valence-electron chi connectivity index (χ3n) is 11.9. The summed E-state index contributed by atoms with van der Waals surface area (Å²) in [5.41, 5.74) is 11.8. The predicted molar refractivity (Wildman–Crippen MR) is 253 cm³/mol. The van der Waals surface area contributed by atoms with Crippen LogP contribution in [0.2, 0.25) is 0 Å². The Hall–Kier alpha value is -7.46. The van der Waals surface area contributed by atoms with E-state index in [1.807, 2.05) is 11.3 Å². The maximum atomic E-state index is 7.03. The molecule has 276 valence electrons. The Morgan fingerprint density at radius 3 is 1.88 bits per heavy atom. The van der Waals surface area contributed by atoms with E-state index in [0.29, 0.717) is 0 Å². The minimum absolute atomic E-state index is 0.855. The Morgan fingerprint density at radius 1 is 0.339 bits per heavy atom. The van der Waals surface area contributed by atoms with Crippen LogP contribution in [-0.2, 0) is 0 Å². The molecule has 0 atom stereocenters. The van der Waals surface area contributed by atoms with Gasteiger partial charge in [0.05, 0.1) is 5.69 Å². The van der Waals surface area contributed by atoms with Crippen molar-refractivity contribution in [3.05, 3.63) is 212 Å². The van der Waals surface area contributed by atoms with E-state index in [1.165, 1.54) is 64.0 Å². The van der Waals surface area contributed by atoms with Crippen LogP contribution in [0.5, 0.6) is 0 Å². The molecule has 0 unspecified atom stereocenters. The second-order valence-corrected chi connectivity index (χ2v) is 16.3. The summed E-state index contributed by atoms with van der Waals surface area (Å²) in [6, 6.07) is 76.8. The van der Waals surface area contributed by atoms with Gasteiger partial charge in [0.25, 0.3) is 0 Å². The molecule has 0 aliphatic rings. The van der Waals surface area contributed by atoms with E-state index >= 15 is 0 Å². The lowest BCUT2D eigenvalue weighted by Crippen LogP contribution is -2.10. The molecule has 0 amide bonds. The Bertz CT molecular complexity index is 3560. The van der Waals surface area contributed by atoms with Crippen LogP contribution in [0.25, 0.3) is 97.0 Å². The number of hydrogen-bond donors (Lipinski definition) is 0. The van der Waals surface area contributed by atoms with Crippen LogP contribution >= 0.6 is 11.3 Å². The molecule has 2 heterocycles. The van der Waals surface area contributed by atoms with Crippen molar-refractivity contribution in [3.63, 3.8) is 0 Å². The second-order valence-electron chi connectivity index (χ2n) is 15.2. The van der Waals surface area contributed by atoms with Crippen LogP contribution < -0.4 is 4.90 Å². The molecule has 59 heavy (non-hydrogen) atoms. The lowest BCUT2D eigenvalue weighted by Gasteiger charge is -2.26. The molecule has 3 heteroatoms. The van der Waals surface area contributed by atoms with Gasteiger partial charge < -0.3 is 9.32 Å². The lowest BCUT2D eigenvalue weighted by atomic mass is 9.97. The van der Waals surface area contributed by atoms with Crippen molar-refractivity contribution in [2.75, 3.05) is 4.90 Å². The largest absolute Gasteiger partial charge is 0.453 e. The van der Waals surface area contributed by atoms with Crippen molar-refractivity contribution < 1.29 is 4.42 Å². The van der Waals surface area contributed by atoms with Gasteiger partial charge in [0.15, 0.2) is 5.58 Å². The molecule has 0 bridgehead atoms. The van der Waals surface area contributed by atoms with Crippen molar-refractivity contribution in [2.45, 2.75) is 0 Å². The maximum absolute atomic E-state index is 7.03. The number of rotatable bonds is 6. The Kier molecular flexibility index (Phi) is 7.75. The second kappa shape index (κ2) is 13.6. The summed E-state index contributed by atoms with van der Waals surface area (Å²) in [5.74, 6) is 0. The van der Waals surface area contributed by atoms with E-state index in [2.05, 4.69) is 217 Å². The van der Waals surface area contributed by atoms with Crippen LogP contribution in [0.4, 0.5) is 17.1 Å². The summed E-state index contributed by atoms with van der Waals surface area (Å²) in [6.45, 7) is 0. The van der Waals surface area contributed by atoms with Crippen LogP contribution in [0, 0.1) is 0 Å². The Balaban J connectivity index is 1.04. The summed E-state index contributed by atoms with van der Waals surface area (Å²) in [7, 11) is 0. The molecular weight excluding hydrogens is 735 g/mol. The van der Waals surface area contributed by atoms with Gasteiger partial charge in [-0.1, -0.05) is 164 Å². The first-order valence-corrected chi connectivity index (χ1v) is 20.9. The number of hydrogen-bond acceptors (Lipinski definition) is 3. The van der Waals surface area contributed by atoms with E-state index in [1.54, 1.807) is 0 Å². The van der Waals surface area contributed by atoms with E-state index < -0.39 is 0 Å². The number of nitrogens with zero attached hydrogens (tertiary/aromatic N) is 1. The molecule has 0 aliphatic carbocycles. The quantitative estimate of drug-likeness (QED) is 0.157. The van der Waals surface area contributed by atoms with Crippen molar-refractivity contribution in [1.29, 1.82) is 0 Å². The summed E-state index contributed by atoms with van der Waals surface area (Å²) in [5, 5.41) is 9.85. The standard InChI is InChI=1S/C56H35NOS/c1-2-12-37(13-3-1)47-20-9-21-48-49-22-10-23-51(56(49)58-55(47)48)57(43-16-8-15-40(35-43)46-19-11-25-53-54(46)50-18-6-7-24-52(50)59-53)42-31-28-36(29-32-42)39-30-33-45-41(34-39)27-26-38-14-4-5-17-44(38)45/h1-35H. The summed E-state index contributed by atoms with van der Waals surface area (Å²) >= 11 is 1.86. The predicted octanol–water partition coefficient (Wildman–Crippen LogP) is 16.7. The number of benzene rings is 10. The summed E-state index contributed by atoms with van der Waals surface area (Å²) in [4.78, 5) is 2.36. The fourth-order valence-corrected chi connectivity index (χ4v) is 10.2. The molecule has 0 radical (unpaired) electrons. The zero-order valence-corrected chi connectivity index (χ0v) is 32.8. The molecule has 12 rings (SSSR count). The molecule has 0 spiro atoms. The van der Waals surface area contributed by atoms with Crippen molar-refractivity contribution >= 4 is 92.1 Å². The molecule has 12 aromatic rings. The van der Waals surface area contributed by atoms with Gasteiger partial charge in [-0.2, -0.15) is 0 Å². The number of fused-ring (bicyclic) bond motifs is 9. The highest BCUT2D eigenvalue weighted by molar-refractivity contribution is 7.25. The third kappa shape index (κ3) is 5.55. The zero-order chi connectivity index (χ0) is 38.9. The smallest absolute Gasteiger partial charge is 0.159 e. The topological polar surface area (TPSA) is 16.4 Å². The first kappa shape index (κ1) is 33.7. The first-order valence-electron chi connectivity index (χ1n) is 20.1. The fraction of sp³-hybridized carbons (Fsp3) is 0. The van der Waals surface area contributed by atoms with Gasteiger partial charge in [-0.05, 0) is 97.9 Å². The number of anilines is 3. The average molecular weight is 770 g/mol. The van der Waals surface area contributed by atoms with Gasteiger partial charge >= 0.3 is 0 Å². The monoisotopic (exact) mass is 769 g/mol. The van der Waals surface area contributed by atoms with Crippen molar-refractivity contribution in [3.8, 4) is 33.4 Å². The SMILES string of the molecule is c1ccc(-c2cccc3c2oc2c(N(c4ccc(-c5ccc6c(ccc7ccccc76)c5)cc4)c4cccc(-c5cccc6sc7ccccc7c56)c4)cccc23)cc1. The molecule has 0 aliphatic heterocycles. The van der Waals surface area contributed by atoms with Gasteiger partial charge in [-0.25, -0.2) is 0 Å². The molecule has 0 saturated carbocycles. The first-order chi connectivity index (χ1) is 29.2. The minimum atomic E-state index is 0.855. The highest BCUT2D eigenvalue weighted by Crippen LogP contribution is 2.46. The third-order valence-corrected chi connectivity index (χ3v) is 13.0. The Morgan fingerprint density at radius 2 is 0.983 bits per heavy atom. The average Bonchev–Trinajstić information content (AvgIpc) is 3.89. The maximum Gasteiger partial charge on any atom is 0.159 e. The number of furan rings is 1. The molecule has 0 saturated heterocycles. The molecular formula is C56H35NOS. The number of thiophene rings is 1. The van der Waals surface area contributed by atoms with E-state index in [4.69, 9.17) is 4.42 Å². The van der Waals surface area contributed by atoms with Crippen LogP contribution in [-0.4, -0.2) is 0 Å². The minimum Gasteiger partial charge on any atom is -0.453 e. The normalized spacial score (nSPS) is 11.7. The summed E-state index contributed by atoms with van der Waals surface area (Å²) < 4.78 is 9.63. The van der Waals surface area contributed by atoms with Gasteiger partial charge in [0.2, 0.25) is 0 Å². The van der Waals surface area contributed by atoms with Crippen LogP contribution in [0.1, 0.15) is 0 Å². The lowest BCUT2D eigenvalue weighted by molar-refractivity contribution is 0.670. The summed E-state index contributed by atoms with van der Waals surface area (Å²) in [6.07, 6.45) is 0. The van der Waals surface area contributed by atoms with Gasteiger partial charge in [0, 0.05) is 47.9 Å².